The standard InChI is InChI=1S/C12H17N3O3/c1-2-18-10(16)9-13-11-12(3-6-15(11)14-9)4-7-17-8-5-12/h2-8H2,1H3. The molecule has 0 aromatic carbocycles. The molecule has 6 nitrogen and oxygen atoms in total. The van der Waals surface area contributed by atoms with Crippen LogP contribution in [0.2, 0.25) is 0 Å². The van der Waals surface area contributed by atoms with E-state index in [2.05, 4.69) is 10.1 Å². The molecule has 0 radical (unpaired) electrons. The molecule has 6 heteroatoms. The third kappa shape index (κ3) is 1.71. The minimum absolute atomic E-state index is 0.0655. The van der Waals surface area contributed by atoms with E-state index in [4.69, 9.17) is 9.47 Å². The lowest BCUT2D eigenvalue weighted by molar-refractivity contribution is 0.0481. The van der Waals surface area contributed by atoms with Crippen LogP contribution in [0.5, 0.6) is 0 Å². The topological polar surface area (TPSA) is 66.2 Å². The van der Waals surface area contributed by atoms with Gasteiger partial charge in [0, 0.05) is 25.2 Å². The van der Waals surface area contributed by atoms with Crippen molar-refractivity contribution >= 4 is 5.97 Å². The van der Waals surface area contributed by atoms with E-state index in [1.54, 1.807) is 6.92 Å². The van der Waals surface area contributed by atoms with E-state index in [0.717, 1.165) is 44.8 Å². The average Bonchev–Trinajstić information content (AvgIpc) is 2.93. The summed E-state index contributed by atoms with van der Waals surface area (Å²) >= 11 is 0. The molecule has 1 aromatic heterocycles. The van der Waals surface area contributed by atoms with Gasteiger partial charge in [0.25, 0.3) is 5.82 Å². The number of ether oxygens (including phenoxy) is 2. The number of carbonyl (C=O) groups excluding carboxylic acids is 1. The van der Waals surface area contributed by atoms with Crippen LogP contribution in [0.25, 0.3) is 0 Å². The number of hydrogen-bond acceptors (Lipinski definition) is 5. The highest BCUT2D eigenvalue weighted by Gasteiger charge is 2.43. The Bertz CT molecular complexity index is 463. The summed E-state index contributed by atoms with van der Waals surface area (Å²) < 4.78 is 12.2. The molecule has 1 fully saturated rings. The molecule has 0 unspecified atom stereocenters. The Labute approximate surface area is 105 Å². The monoisotopic (exact) mass is 251 g/mol. The summed E-state index contributed by atoms with van der Waals surface area (Å²) in [5, 5.41) is 4.25. The minimum atomic E-state index is -0.429. The molecule has 1 aromatic rings. The molecule has 2 aliphatic heterocycles. The van der Waals surface area contributed by atoms with E-state index in [1.165, 1.54) is 0 Å². The van der Waals surface area contributed by atoms with Crippen molar-refractivity contribution in [2.24, 2.45) is 0 Å². The SMILES string of the molecule is CCOC(=O)c1nc2n(n1)CCC21CCOCC1. The van der Waals surface area contributed by atoms with Gasteiger partial charge in [-0.25, -0.2) is 14.5 Å². The van der Waals surface area contributed by atoms with Crippen molar-refractivity contribution < 1.29 is 14.3 Å². The van der Waals surface area contributed by atoms with Gasteiger partial charge in [0.05, 0.1) is 6.61 Å². The highest BCUT2D eigenvalue weighted by atomic mass is 16.5. The van der Waals surface area contributed by atoms with Crippen LogP contribution in [0.4, 0.5) is 0 Å². The fraction of sp³-hybridized carbons (Fsp3) is 0.750. The lowest BCUT2D eigenvalue weighted by Crippen LogP contribution is -2.32. The van der Waals surface area contributed by atoms with Crippen LogP contribution in [0.3, 0.4) is 0 Å². The highest BCUT2D eigenvalue weighted by Crippen LogP contribution is 2.41. The molecular weight excluding hydrogens is 234 g/mol. The van der Waals surface area contributed by atoms with Gasteiger partial charge in [-0.15, -0.1) is 5.10 Å². The first-order valence-corrected chi connectivity index (χ1v) is 6.45. The maximum absolute atomic E-state index is 11.6. The van der Waals surface area contributed by atoms with E-state index in [-0.39, 0.29) is 11.2 Å². The number of carbonyl (C=O) groups is 1. The Kier molecular flexibility index (Phi) is 2.81. The summed E-state index contributed by atoms with van der Waals surface area (Å²) in [5.74, 6) is 0.702. The van der Waals surface area contributed by atoms with E-state index >= 15 is 0 Å². The fourth-order valence-electron chi connectivity index (χ4n) is 2.84. The van der Waals surface area contributed by atoms with Crippen LogP contribution in [0.15, 0.2) is 0 Å². The highest BCUT2D eigenvalue weighted by molar-refractivity contribution is 5.85. The smallest absolute Gasteiger partial charge is 0.378 e. The van der Waals surface area contributed by atoms with Crippen molar-refractivity contribution in [2.75, 3.05) is 19.8 Å². The molecule has 1 saturated heterocycles. The number of fused-ring (bicyclic) bond motifs is 2. The first kappa shape index (κ1) is 11.6. The molecule has 0 amide bonds. The summed E-state index contributed by atoms with van der Waals surface area (Å²) in [5.41, 5.74) is 0.0655. The van der Waals surface area contributed by atoms with Crippen molar-refractivity contribution in [3.8, 4) is 0 Å². The average molecular weight is 251 g/mol. The van der Waals surface area contributed by atoms with Crippen LogP contribution in [-0.2, 0) is 21.4 Å². The molecule has 1 spiro atoms. The van der Waals surface area contributed by atoms with Gasteiger partial charge in [0.2, 0.25) is 0 Å². The normalized spacial score (nSPS) is 20.9. The molecule has 98 valence electrons. The fourth-order valence-corrected chi connectivity index (χ4v) is 2.84. The number of esters is 1. The van der Waals surface area contributed by atoms with Gasteiger partial charge in [-0.2, -0.15) is 0 Å². The maximum atomic E-state index is 11.6. The Hall–Kier alpha value is -1.43. The van der Waals surface area contributed by atoms with Gasteiger partial charge in [-0.3, -0.25) is 0 Å². The van der Waals surface area contributed by atoms with Gasteiger partial charge in [0.15, 0.2) is 0 Å². The number of rotatable bonds is 2. The first-order valence-electron chi connectivity index (χ1n) is 6.45. The Morgan fingerprint density at radius 3 is 2.94 bits per heavy atom. The molecule has 0 aliphatic carbocycles. The Morgan fingerprint density at radius 2 is 2.22 bits per heavy atom. The summed E-state index contributed by atoms with van der Waals surface area (Å²) in [6.07, 6.45) is 2.98. The predicted octanol–water partition coefficient (Wildman–Crippen LogP) is 0.907. The van der Waals surface area contributed by atoms with Crippen LogP contribution < -0.4 is 0 Å². The predicted molar refractivity (Wildman–Crippen MR) is 62.3 cm³/mol. The van der Waals surface area contributed by atoms with Crippen LogP contribution in [-0.4, -0.2) is 40.6 Å². The minimum Gasteiger partial charge on any atom is -0.460 e. The Balaban J connectivity index is 1.89. The van der Waals surface area contributed by atoms with E-state index < -0.39 is 5.97 Å². The van der Waals surface area contributed by atoms with Gasteiger partial charge >= 0.3 is 5.97 Å². The zero-order valence-corrected chi connectivity index (χ0v) is 10.5. The van der Waals surface area contributed by atoms with E-state index in [0.29, 0.717) is 6.61 Å². The zero-order chi connectivity index (χ0) is 12.6. The number of nitrogens with zero attached hydrogens (tertiary/aromatic N) is 3. The van der Waals surface area contributed by atoms with Crippen molar-refractivity contribution in [3.05, 3.63) is 11.6 Å². The second-order valence-corrected chi connectivity index (χ2v) is 4.85. The van der Waals surface area contributed by atoms with Crippen molar-refractivity contribution in [1.82, 2.24) is 14.8 Å². The van der Waals surface area contributed by atoms with Crippen molar-refractivity contribution in [1.29, 1.82) is 0 Å². The molecule has 3 heterocycles. The summed E-state index contributed by atoms with van der Waals surface area (Å²) in [4.78, 5) is 16.0. The molecule has 0 atom stereocenters. The largest absolute Gasteiger partial charge is 0.460 e. The zero-order valence-electron chi connectivity index (χ0n) is 10.5. The van der Waals surface area contributed by atoms with Crippen LogP contribution in [0.1, 0.15) is 42.6 Å². The van der Waals surface area contributed by atoms with E-state index in [9.17, 15) is 4.79 Å². The third-order valence-corrected chi connectivity index (χ3v) is 3.86. The van der Waals surface area contributed by atoms with Crippen LogP contribution in [0, 0.1) is 0 Å². The van der Waals surface area contributed by atoms with Gasteiger partial charge in [-0.1, -0.05) is 0 Å². The maximum Gasteiger partial charge on any atom is 0.378 e. The van der Waals surface area contributed by atoms with Crippen molar-refractivity contribution in [2.45, 2.75) is 38.1 Å². The molecule has 3 rings (SSSR count). The third-order valence-electron chi connectivity index (χ3n) is 3.86. The van der Waals surface area contributed by atoms with Crippen LogP contribution >= 0.6 is 0 Å². The molecule has 0 bridgehead atoms. The molecular formula is C12H17N3O3. The summed E-state index contributed by atoms with van der Waals surface area (Å²) in [7, 11) is 0. The quantitative estimate of drug-likeness (QED) is 0.731. The van der Waals surface area contributed by atoms with E-state index in [1.807, 2.05) is 4.68 Å². The lowest BCUT2D eigenvalue weighted by atomic mass is 9.78. The number of hydrogen-bond donors (Lipinski definition) is 0. The second kappa shape index (κ2) is 4.35. The summed E-state index contributed by atoms with van der Waals surface area (Å²) in [6.45, 7) is 4.49. The number of aromatic nitrogens is 3. The molecule has 2 aliphatic rings. The number of aryl methyl sites for hydroxylation is 1. The second-order valence-electron chi connectivity index (χ2n) is 4.85. The Morgan fingerprint density at radius 1 is 1.44 bits per heavy atom. The van der Waals surface area contributed by atoms with Gasteiger partial charge in [0.1, 0.15) is 5.82 Å². The molecule has 18 heavy (non-hydrogen) atoms. The summed E-state index contributed by atoms with van der Waals surface area (Å²) in [6, 6.07) is 0. The first-order chi connectivity index (χ1) is 8.75. The van der Waals surface area contributed by atoms with Crippen molar-refractivity contribution in [3.63, 3.8) is 0 Å². The molecule has 0 saturated carbocycles. The lowest BCUT2D eigenvalue weighted by Gasteiger charge is -2.31. The van der Waals surface area contributed by atoms with Gasteiger partial charge in [-0.05, 0) is 26.2 Å². The van der Waals surface area contributed by atoms with Gasteiger partial charge < -0.3 is 9.47 Å². The molecule has 0 N–H and O–H groups in total.